The van der Waals surface area contributed by atoms with Crippen LogP contribution in [-0.2, 0) is 4.74 Å². The minimum Gasteiger partial charge on any atom is -0.506 e. The second kappa shape index (κ2) is 5.86. The predicted octanol–water partition coefficient (Wildman–Crippen LogP) is -0.0516. The van der Waals surface area contributed by atoms with Crippen LogP contribution in [0.5, 0.6) is 0 Å². The van der Waals surface area contributed by atoms with Gasteiger partial charge in [-0.25, -0.2) is 9.98 Å². The van der Waals surface area contributed by atoms with Crippen molar-refractivity contribution in [2.45, 2.75) is 18.8 Å². The molecule has 0 radical (unpaired) electrons. The molecule has 134 valence electrons. The maximum atomic E-state index is 12.1. The average Bonchev–Trinajstić information content (AvgIpc) is 3.09. The van der Waals surface area contributed by atoms with Crippen molar-refractivity contribution < 1.29 is 20.1 Å². The first-order valence-electron chi connectivity index (χ1n) is 7.35. The van der Waals surface area contributed by atoms with Crippen molar-refractivity contribution in [3.63, 3.8) is 0 Å². The summed E-state index contributed by atoms with van der Waals surface area (Å²) in [6.07, 6.45) is 1.54. The Morgan fingerprint density at radius 3 is 2.84 bits per heavy atom. The van der Waals surface area contributed by atoms with Gasteiger partial charge in [-0.15, -0.1) is 0 Å². The van der Waals surface area contributed by atoms with Gasteiger partial charge in [-0.3, -0.25) is 14.3 Å². The van der Waals surface area contributed by atoms with Crippen molar-refractivity contribution in [2.75, 3.05) is 20.7 Å². The van der Waals surface area contributed by atoms with Gasteiger partial charge in [0, 0.05) is 14.1 Å². The van der Waals surface area contributed by atoms with Gasteiger partial charge in [0.05, 0.1) is 19.3 Å². The molecule has 1 aliphatic heterocycles. The van der Waals surface area contributed by atoms with Gasteiger partial charge in [0.25, 0.3) is 5.56 Å². The van der Waals surface area contributed by atoms with Gasteiger partial charge in [-0.1, -0.05) is 0 Å². The lowest BCUT2D eigenvalue weighted by atomic mass is 10.1. The van der Waals surface area contributed by atoms with E-state index in [-0.39, 0.29) is 17.1 Å². The molecule has 0 spiro atoms. The van der Waals surface area contributed by atoms with E-state index in [1.54, 1.807) is 19.0 Å². The van der Waals surface area contributed by atoms with Gasteiger partial charge in [-0.05, 0) is 6.92 Å². The molecule has 2 aromatic heterocycles. The summed E-state index contributed by atoms with van der Waals surface area (Å²) in [4.78, 5) is 28.5. The molecule has 0 aromatic carbocycles. The molecule has 1 aliphatic rings. The van der Waals surface area contributed by atoms with E-state index in [2.05, 4.69) is 19.9 Å². The van der Waals surface area contributed by atoms with Gasteiger partial charge < -0.3 is 25.0 Å². The Labute approximate surface area is 141 Å². The number of hydrogen-bond donors (Lipinski definition) is 4. The van der Waals surface area contributed by atoms with Crippen molar-refractivity contribution in [1.29, 1.82) is 0 Å². The van der Waals surface area contributed by atoms with Gasteiger partial charge in [0.2, 0.25) is 5.95 Å². The van der Waals surface area contributed by atoms with Gasteiger partial charge in [0.1, 0.15) is 0 Å². The van der Waals surface area contributed by atoms with Gasteiger partial charge >= 0.3 is 0 Å². The highest BCUT2D eigenvalue weighted by Crippen LogP contribution is 2.39. The number of aromatic amines is 1. The lowest BCUT2D eigenvalue weighted by Crippen LogP contribution is -2.32. The van der Waals surface area contributed by atoms with Crippen LogP contribution in [0.25, 0.3) is 11.2 Å². The first-order chi connectivity index (χ1) is 11.8. The fourth-order valence-corrected chi connectivity index (χ4v) is 2.36. The number of hydrogen-bond acceptors (Lipinski definition) is 8. The standard InChI is InChI=1S/C14H18N6O5/c1-14(4-21)9(23)8(22)12(25-14)20-6-15-7-10(20)17-13(18-11(7)24)16-5-19(2)3/h5-6,12,21-23H,4H2,1-3H3,(H,17,18,24)/b16-5-. The molecule has 0 bridgehead atoms. The lowest BCUT2D eigenvalue weighted by Gasteiger charge is -2.22. The Bertz CT molecular complexity index is 929. The Hall–Kier alpha value is -2.92. The highest BCUT2D eigenvalue weighted by atomic mass is 16.6. The summed E-state index contributed by atoms with van der Waals surface area (Å²) in [5, 5.41) is 29.6. The van der Waals surface area contributed by atoms with Crippen LogP contribution in [0.2, 0.25) is 0 Å². The molecular formula is C14H18N6O5. The van der Waals surface area contributed by atoms with Crippen molar-refractivity contribution in [2.24, 2.45) is 4.99 Å². The summed E-state index contributed by atoms with van der Waals surface area (Å²) in [5.41, 5.74) is -1.83. The maximum absolute atomic E-state index is 12.1. The molecule has 0 saturated heterocycles. The van der Waals surface area contributed by atoms with Gasteiger partial charge in [-0.2, -0.15) is 4.98 Å². The zero-order chi connectivity index (χ0) is 18.4. The topological polar surface area (TPSA) is 149 Å². The molecule has 0 amide bonds. The molecule has 2 atom stereocenters. The Balaban J connectivity index is 2.11. The Morgan fingerprint density at radius 1 is 1.52 bits per heavy atom. The molecule has 3 heterocycles. The second-order valence-electron chi connectivity index (χ2n) is 6.01. The number of nitrogens with one attached hydrogen (secondary N) is 1. The summed E-state index contributed by atoms with van der Waals surface area (Å²) < 4.78 is 6.84. The smallest absolute Gasteiger partial charge is 0.280 e. The third-order valence-corrected chi connectivity index (χ3v) is 3.73. The largest absolute Gasteiger partial charge is 0.506 e. The molecule has 11 heteroatoms. The molecule has 25 heavy (non-hydrogen) atoms. The van der Waals surface area contributed by atoms with Crippen molar-refractivity contribution in [3.05, 3.63) is 28.2 Å². The highest BCUT2D eigenvalue weighted by molar-refractivity contribution is 5.71. The average molecular weight is 350 g/mol. The van der Waals surface area contributed by atoms with E-state index in [0.717, 1.165) is 0 Å². The van der Waals surface area contributed by atoms with Crippen LogP contribution in [0.3, 0.4) is 0 Å². The number of nitrogens with zero attached hydrogens (tertiary/aromatic N) is 5. The molecule has 0 fully saturated rings. The lowest BCUT2D eigenvalue weighted by molar-refractivity contribution is -0.0953. The Morgan fingerprint density at radius 2 is 2.24 bits per heavy atom. The molecule has 0 saturated carbocycles. The monoisotopic (exact) mass is 350 g/mol. The molecule has 4 N–H and O–H groups in total. The minimum absolute atomic E-state index is 0.0253. The quantitative estimate of drug-likeness (QED) is 0.443. The molecule has 3 rings (SSSR count). The number of aliphatic imine (C=N–C) groups is 1. The number of ether oxygens (including phenoxy) is 1. The van der Waals surface area contributed by atoms with E-state index in [1.165, 1.54) is 24.2 Å². The van der Waals surface area contributed by atoms with Crippen LogP contribution in [0.15, 0.2) is 27.6 Å². The fourth-order valence-electron chi connectivity index (χ4n) is 2.36. The number of aliphatic hydroxyl groups is 3. The number of imidazole rings is 1. The summed E-state index contributed by atoms with van der Waals surface area (Å²) in [6.45, 7) is 0.878. The van der Waals surface area contributed by atoms with Gasteiger partial charge in [0.15, 0.2) is 34.5 Å². The second-order valence-corrected chi connectivity index (χ2v) is 6.01. The van der Waals surface area contributed by atoms with Crippen LogP contribution in [0.1, 0.15) is 13.2 Å². The van der Waals surface area contributed by atoms with Crippen molar-refractivity contribution >= 4 is 23.5 Å². The number of fused-ring (bicyclic) bond motifs is 1. The van der Waals surface area contributed by atoms with Crippen molar-refractivity contribution in [1.82, 2.24) is 24.4 Å². The summed E-state index contributed by atoms with van der Waals surface area (Å²) in [6, 6.07) is 0. The van der Waals surface area contributed by atoms with Crippen LogP contribution in [0, 0.1) is 0 Å². The molecule has 0 aliphatic carbocycles. The number of aliphatic hydroxyl groups excluding tert-OH is 3. The van der Waals surface area contributed by atoms with E-state index < -0.39 is 35.5 Å². The number of aromatic nitrogens is 4. The minimum atomic E-state index is -1.46. The first kappa shape index (κ1) is 16.9. The third-order valence-electron chi connectivity index (χ3n) is 3.73. The zero-order valence-electron chi connectivity index (χ0n) is 13.8. The van der Waals surface area contributed by atoms with Crippen LogP contribution in [-0.4, -0.2) is 72.4 Å². The van der Waals surface area contributed by atoms with Crippen LogP contribution in [0.4, 0.5) is 5.95 Å². The maximum Gasteiger partial charge on any atom is 0.280 e. The van der Waals surface area contributed by atoms with E-state index in [0.29, 0.717) is 0 Å². The number of H-pyrrole nitrogens is 1. The zero-order valence-corrected chi connectivity index (χ0v) is 13.8. The summed E-state index contributed by atoms with van der Waals surface area (Å²) >= 11 is 0. The molecular weight excluding hydrogens is 332 g/mol. The predicted molar refractivity (Wildman–Crippen MR) is 87.9 cm³/mol. The van der Waals surface area contributed by atoms with E-state index >= 15 is 0 Å². The summed E-state index contributed by atoms with van der Waals surface area (Å²) in [5.74, 6) is -0.933. The van der Waals surface area contributed by atoms with Crippen molar-refractivity contribution in [3.8, 4) is 0 Å². The molecule has 2 unspecified atom stereocenters. The molecule has 2 aromatic rings. The summed E-state index contributed by atoms with van der Waals surface area (Å²) in [7, 11) is 3.52. The first-order valence-corrected chi connectivity index (χ1v) is 7.35. The van der Waals surface area contributed by atoms with E-state index in [4.69, 9.17) is 4.74 Å². The van der Waals surface area contributed by atoms with E-state index in [9.17, 15) is 20.1 Å². The molecule has 11 nitrogen and oxygen atoms in total. The van der Waals surface area contributed by atoms with Crippen LogP contribution < -0.4 is 5.56 Å². The number of rotatable bonds is 4. The third kappa shape index (κ3) is 2.72. The van der Waals surface area contributed by atoms with E-state index in [1.807, 2.05) is 0 Å². The normalized spacial score (nSPS) is 23.9. The highest BCUT2D eigenvalue weighted by Gasteiger charge is 2.45. The van der Waals surface area contributed by atoms with Crippen LogP contribution >= 0.6 is 0 Å². The Kier molecular flexibility index (Phi) is 3.97. The SMILES string of the molecule is CN(C)/C=N\c1nc2c(ncn2C2OC(C)(CO)C(O)=C2O)c(=O)[nH]1. The fraction of sp³-hybridized carbons (Fsp3) is 0.429.